The number of hydrogen-bond acceptors (Lipinski definition) is 6. The monoisotopic (exact) mass is 420 g/mol. The summed E-state index contributed by atoms with van der Waals surface area (Å²) >= 11 is 0. The molecular formula is C20H28N4O4S. The number of fused-ring (bicyclic) bond motifs is 1. The summed E-state index contributed by atoms with van der Waals surface area (Å²) in [6.45, 7) is 7.16. The molecule has 0 bridgehead atoms. The molecule has 1 aromatic heterocycles. The van der Waals surface area contributed by atoms with E-state index < -0.39 is 9.84 Å². The van der Waals surface area contributed by atoms with E-state index in [-0.39, 0.29) is 23.1 Å². The van der Waals surface area contributed by atoms with Crippen LogP contribution >= 0.6 is 0 Å². The van der Waals surface area contributed by atoms with Crippen LogP contribution in [0.15, 0.2) is 29.1 Å². The summed E-state index contributed by atoms with van der Waals surface area (Å²) in [5, 5.41) is 5.49. The second-order valence-electron chi connectivity index (χ2n) is 8.04. The van der Waals surface area contributed by atoms with Crippen LogP contribution in [0.4, 0.5) is 0 Å². The highest BCUT2D eigenvalue weighted by Gasteiger charge is 2.26. The van der Waals surface area contributed by atoms with Gasteiger partial charge in [-0.25, -0.2) is 13.1 Å². The van der Waals surface area contributed by atoms with E-state index in [4.69, 9.17) is 0 Å². The molecule has 29 heavy (non-hydrogen) atoms. The number of hydrogen-bond donors (Lipinski definition) is 0. The first kappa shape index (κ1) is 21.4. The number of carbonyl (C=O) groups excluding carboxylic acids is 1. The molecule has 0 atom stereocenters. The third-order valence-electron chi connectivity index (χ3n) is 5.05. The molecule has 0 N–H and O–H groups in total. The second kappa shape index (κ2) is 8.62. The minimum absolute atomic E-state index is 0.118. The van der Waals surface area contributed by atoms with Crippen LogP contribution in [0.1, 0.15) is 24.3 Å². The number of amides is 1. The molecule has 2 heterocycles. The molecule has 0 spiro atoms. The molecule has 1 aromatic carbocycles. The molecule has 0 aliphatic carbocycles. The van der Waals surface area contributed by atoms with Crippen LogP contribution in [0.5, 0.6) is 0 Å². The van der Waals surface area contributed by atoms with Crippen LogP contribution in [-0.2, 0) is 16.4 Å². The zero-order valence-corrected chi connectivity index (χ0v) is 18.0. The SMILES string of the molecule is CC(C)Cn1nc(C(=O)N2CCN(CCS(C)(=O)=O)CC2)c2ccccc2c1=O. The van der Waals surface area contributed by atoms with Crippen LogP contribution in [0.3, 0.4) is 0 Å². The van der Waals surface area contributed by atoms with E-state index >= 15 is 0 Å². The van der Waals surface area contributed by atoms with Crippen LogP contribution in [0.2, 0.25) is 0 Å². The number of benzene rings is 1. The van der Waals surface area contributed by atoms with Gasteiger partial charge in [0.2, 0.25) is 0 Å². The summed E-state index contributed by atoms with van der Waals surface area (Å²) in [6, 6.07) is 7.09. The molecule has 1 saturated heterocycles. The lowest BCUT2D eigenvalue weighted by atomic mass is 10.1. The average Bonchev–Trinajstić information content (AvgIpc) is 2.67. The number of nitrogens with zero attached hydrogens (tertiary/aromatic N) is 4. The Kier molecular flexibility index (Phi) is 6.38. The molecule has 1 aliphatic heterocycles. The van der Waals surface area contributed by atoms with E-state index in [1.165, 1.54) is 10.9 Å². The minimum atomic E-state index is -3.00. The van der Waals surface area contributed by atoms with Gasteiger partial charge in [-0.3, -0.25) is 14.5 Å². The van der Waals surface area contributed by atoms with Crippen molar-refractivity contribution < 1.29 is 13.2 Å². The Labute approximate surface area is 171 Å². The standard InChI is InChI=1S/C20H28N4O4S/c1-15(2)14-24-19(25)17-7-5-4-6-16(17)18(21-24)20(26)23-10-8-22(9-11-23)12-13-29(3,27)28/h4-7,15H,8-14H2,1-3H3. The number of carbonyl (C=O) groups is 1. The van der Waals surface area contributed by atoms with Crippen LogP contribution in [-0.4, -0.2) is 78.6 Å². The van der Waals surface area contributed by atoms with Gasteiger partial charge in [0.15, 0.2) is 5.69 Å². The Hall–Kier alpha value is -2.26. The van der Waals surface area contributed by atoms with Crippen molar-refractivity contribution in [3.8, 4) is 0 Å². The number of aromatic nitrogens is 2. The fourth-order valence-electron chi connectivity index (χ4n) is 3.48. The van der Waals surface area contributed by atoms with Gasteiger partial charge in [-0.1, -0.05) is 32.0 Å². The van der Waals surface area contributed by atoms with Crippen molar-refractivity contribution >= 4 is 26.5 Å². The normalized spacial score (nSPS) is 15.9. The third kappa shape index (κ3) is 5.22. The van der Waals surface area contributed by atoms with Crippen molar-refractivity contribution in [1.29, 1.82) is 0 Å². The quantitative estimate of drug-likeness (QED) is 0.688. The number of piperazine rings is 1. The van der Waals surface area contributed by atoms with Gasteiger partial charge in [0, 0.05) is 50.9 Å². The van der Waals surface area contributed by atoms with Crippen molar-refractivity contribution in [2.75, 3.05) is 44.7 Å². The predicted octanol–water partition coefficient (Wildman–Crippen LogP) is 0.855. The maximum Gasteiger partial charge on any atom is 0.275 e. The van der Waals surface area contributed by atoms with E-state index in [0.29, 0.717) is 55.7 Å². The van der Waals surface area contributed by atoms with Crippen molar-refractivity contribution in [1.82, 2.24) is 19.6 Å². The second-order valence-corrected chi connectivity index (χ2v) is 10.3. The number of rotatable bonds is 6. The van der Waals surface area contributed by atoms with Gasteiger partial charge < -0.3 is 4.90 Å². The van der Waals surface area contributed by atoms with Gasteiger partial charge in [-0.15, -0.1) is 0 Å². The smallest absolute Gasteiger partial charge is 0.275 e. The summed E-state index contributed by atoms with van der Waals surface area (Å²) in [5.74, 6) is 0.150. The molecule has 0 saturated carbocycles. The molecule has 1 fully saturated rings. The van der Waals surface area contributed by atoms with Crippen molar-refractivity contribution in [3.05, 3.63) is 40.3 Å². The molecule has 1 amide bonds. The summed E-state index contributed by atoms with van der Waals surface area (Å²) in [5.41, 5.74) is 0.113. The summed E-state index contributed by atoms with van der Waals surface area (Å²) in [7, 11) is -3.00. The highest BCUT2D eigenvalue weighted by atomic mass is 32.2. The lowest BCUT2D eigenvalue weighted by molar-refractivity contribution is 0.0637. The van der Waals surface area contributed by atoms with Crippen molar-refractivity contribution in [3.63, 3.8) is 0 Å². The van der Waals surface area contributed by atoms with Gasteiger partial charge in [0.1, 0.15) is 9.84 Å². The molecule has 1 aliphatic rings. The molecule has 158 valence electrons. The van der Waals surface area contributed by atoms with Crippen molar-refractivity contribution in [2.45, 2.75) is 20.4 Å². The van der Waals surface area contributed by atoms with E-state index in [0.717, 1.165) is 0 Å². The zero-order chi connectivity index (χ0) is 21.2. The summed E-state index contributed by atoms with van der Waals surface area (Å²) in [6.07, 6.45) is 1.23. The Balaban J connectivity index is 1.82. The average molecular weight is 421 g/mol. The van der Waals surface area contributed by atoms with E-state index in [1.54, 1.807) is 29.2 Å². The van der Waals surface area contributed by atoms with Crippen LogP contribution in [0, 0.1) is 5.92 Å². The number of sulfone groups is 1. The van der Waals surface area contributed by atoms with Gasteiger partial charge in [-0.05, 0) is 12.0 Å². The third-order valence-corrected chi connectivity index (χ3v) is 5.97. The zero-order valence-electron chi connectivity index (χ0n) is 17.2. The van der Waals surface area contributed by atoms with Gasteiger partial charge in [0.25, 0.3) is 11.5 Å². The van der Waals surface area contributed by atoms with Gasteiger partial charge in [-0.2, -0.15) is 5.10 Å². The summed E-state index contributed by atoms with van der Waals surface area (Å²) in [4.78, 5) is 29.7. The summed E-state index contributed by atoms with van der Waals surface area (Å²) < 4.78 is 24.1. The van der Waals surface area contributed by atoms with Gasteiger partial charge in [0.05, 0.1) is 11.1 Å². The highest BCUT2D eigenvalue weighted by Crippen LogP contribution is 2.17. The van der Waals surface area contributed by atoms with Gasteiger partial charge >= 0.3 is 0 Å². The maximum absolute atomic E-state index is 13.2. The molecule has 2 aromatic rings. The van der Waals surface area contributed by atoms with Crippen molar-refractivity contribution in [2.24, 2.45) is 5.92 Å². The van der Waals surface area contributed by atoms with Crippen LogP contribution in [0.25, 0.3) is 10.8 Å². The fourth-order valence-corrected chi connectivity index (χ4v) is 4.07. The fraction of sp³-hybridized carbons (Fsp3) is 0.550. The first-order chi connectivity index (χ1) is 13.7. The Bertz CT molecular complexity index is 1050. The minimum Gasteiger partial charge on any atom is -0.335 e. The molecule has 0 unspecified atom stereocenters. The Morgan fingerprint density at radius 3 is 2.31 bits per heavy atom. The van der Waals surface area contributed by atoms with E-state index in [9.17, 15) is 18.0 Å². The Morgan fingerprint density at radius 2 is 1.72 bits per heavy atom. The van der Waals surface area contributed by atoms with Crippen LogP contribution < -0.4 is 5.56 Å². The first-order valence-corrected chi connectivity index (χ1v) is 11.9. The maximum atomic E-state index is 13.2. The largest absolute Gasteiger partial charge is 0.335 e. The molecule has 8 nitrogen and oxygen atoms in total. The molecular weight excluding hydrogens is 392 g/mol. The Morgan fingerprint density at radius 1 is 1.10 bits per heavy atom. The molecule has 3 rings (SSSR count). The lowest BCUT2D eigenvalue weighted by Gasteiger charge is -2.34. The predicted molar refractivity (Wildman–Crippen MR) is 113 cm³/mol. The highest BCUT2D eigenvalue weighted by molar-refractivity contribution is 7.90. The lowest BCUT2D eigenvalue weighted by Crippen LogP contribution is -2.50. The molecule has 9 heteroatoms. The van der Waals surface area contributed by atoms with E-state index in [1.807, 2.05) is 13.8 Å². The van der Waals surface area contributed by atoms with E-state index in [2.05, 4.69) is 10.00 Å². The topological polar surface area (TPSA) is 92.6 Å². The molecule has 0 radical (unpaired) electrons. The first-order valence-electron chi connectivity index (χ1n) is 9.85.